The van der Waals surface area contributed by atoms with Gasteiger partial charge in [-0.15, -0.1) is 0 Å². The minimum Gasteiger partial charge on any atom is -0.462 e. The number of carbonyl (C=O) groups excluding carboxylic acids is 3. The van der Waals surface area contributed by atoms with Gasteiger partial charge in [-0.3, -0.25) is 14.4 Å². The number of unbranched alkanes of at least 4 members (excludes halogenated alkanes) is 27. The van der Waals surface area contributed by atoms with E-state index in [1.54, 1.807) is 0 Å². The van der Waals surface area contributed by atoms with Crippen LogP contribution in [0.4, 0.5) is 0 Å². The summed E-state index contributed by atoms with van der Waals surface area (Å²) in [5.41, 5.74) is 0. The molecule has 0 aromatic heterocycles. The van der Waals surface area contributed by atoms with Crippen molar-refractivity contribution < 1.29 is 28.6 Å². The number of ether oxygens (including phenoxy) is 3. The summed E-state index contributed by atoms with van der Waals surface area (Å²) in [4.78, 5) is 38.4. The van der Waals surface area contributed by atoms with Crippen molar-refractivity contribution in [2.24, 2.45) is 0 Å². The highest BCUT2D eigenvalue weighted by Crippen LogP contribution is 2.16. The molecule has 1 unspecified atom stereocenters. The number of rotatable bonds is 60. The Bertz CT molecular complexity index is 1720. The number of hydrogen-bond donors (Lipinski definition) is 0. The van der Waals surface area contributed by atoms with Gasteiger partial charge in [0, 0.05) is 19.3 Å². The number of hydrogen-bond acceptors (Lipinski definition) is 6. The van der Waals surface area contributed by atoms with Crippen molar-refractivity contribution in [3.05, 3.63) is 134 Å². The van der Waals surface area contributed by atoms with Crippen molar-refractivity contribution in [1.82, 2.24) is 0 Å². The van der Waals surface area contributed by atoms with E-state index in [0.717, 1.165) is 135 Å². The molecule has 0 aromatic rings. The van der Waals surface area contributed by atoms with E-state index in [9.17, 15) is 14.4 Å². The number of allylic oxidation sites excluding steroid dienone is 22. The Morgan fingerprint density at radius 1 is 0.259 bits per heavy atom. The van der Waals surface area contributed by atoms with Gasteiger partial charge in [-0.25, -0.2) is 0 Å². The van der Waals surface area contributed by atoms with E-state index in [-0.39, 0.29) is 31.1 Å². The zero-order valence-electron chi connectivity index (χ0n) is 52.8. The van der Waals surface area contributed by atoms with E-state index < -0.39 is 6.10 Å². The van der Waals surface area contributed by atoms with Gasteiger partial charge in [-0.05, 0) is 116 Å². The fourth-order valence-electron chi connectivity index (χ4n) is 9.18. The Kier molecular flexibility index (Phi) is 64.3. The monoisotopic (exact) mass is 1120 g/mol. The van der Waals surface area contributed by atoms with E-state index in [1.165, 1.54) is 128 Å². The SMILES string of the molecule is CC/C=C\C/C=C\C/C=C\C/C=C\C/C=C\C/C=C\C/C=C\CCCCCC(=O)OCC(COC(=O)CCCCCCCCCCCCCCC)OC(=O)CCCCCCCCCCCCCC/C=C\C/C=C\C/C=C\C/C=C\CC. The molecule has 1 atom stereocenters. The van der Waals surface area contributed by atoms with Crippen LogP contribution in [-0.4, -0.2) is 37.2 Å². The van der Waals surface area contributed by atoms with E-state index in [1.807, 2.05) is 0 Å². The molecule has 0 N–H and O–H groups in total. The van der Waals surface area contributed by atoms with E-state index >= 15 is 0 Å². The van der Waals surface area contributed by atoms with Crippen LogP contribution in [0.15, 0.2) is 134 Å². The Labute approximate surface area is 500 Å². The third kappa shape index (κ3) is 66.2. The first-order valence-electron chi connectivity index (χ1n) is 33.7. The van der Waals surface area contributed by atoms with Gasteiger partial charge >= 0.3 is 17.9 Å². The Morgan fingerprint density at radius 3 is 0.765 bits per heavy atom. The smallest absolute Gasteiger partial charge is 0.306 e. The van der Waals surface area contributed by atoms with Crippen molar-refractivity contribution in [1.29, 1.82) is 0 Å². The Morgan fingerprint density at radius 2 is 0.481 bits per heavy atom. The predicted molar refractivity (Wildman–Crippen MR) is 353 cm³/mol. The molecule has 0 fully saturated rings. The summed E-state index contributed by atoms with van der Waals surface area (Å²) in [5, 5.41) is 0. The second-order valence-electron chi connectivity index (χ2n) is 22.0. The highest BCUT2D eigenvalue weighted by molar-refractivity contribution is 5.71. The molecule has 460 valence electrons. The molecule has 0 aliphatic carbocycles. The first-order chi connectivity index (χ1) is 40.0. The van der Waals surface area contributed by atoms with E-state index in [2.05, 4.69) is 154 Å². The summed E-state index contributed by atoms with van der Waals surface area (Å²) < 4.78 is 16.9. The van der Waals surface area contributed by atoms with Gasteiger partial charge in [0.1, 0.15) is 13.2 Å². The molecule has 0 aliphatic heterocycles. The standard InChI is InChI=1S/C75H124O6/c1-4-7-10-13-16-19-22-25-27-29-31-33-35-37-39-41-43-45-47-50-53-56-59-62-65-68-74(77)80-71-72(70-79-73(76)67-64-61-58-55-52-49-24-21-18-15-12-9-6-3)81-75(78)69-66-63-60-57-54-51-48-46-44-42-40-38-36-34-32-30-28-26-23-20-17-14-11-8-5-2/h7-8,10-11,16-17,19-20,25-28,31-34,37,39,43,45,50,53,72H,4-6,9,12-15,18,21-24,29-30,35-36,38,40-42,44,46-49,51-52,54-71H2,1-3H3/b10-7-,11-8-,19-16-,20-17-,27-25-,28-26-,33-31-,34-32-,39-37-,45-43-,53-50-. The van der Waals surface area contributed by atoms with Crippen molar-refractivity contribution in [3.8, 4) is 0 Å². The quantitative estimate of drug-likeness (QED) is 0.0261. The van der Waals surface area contributed by atoms with Gasteiger partial charge in [-0.2, -0.15) is 0 Å². The Hall–Kier alpha value is -4.45. The fraction of sp³-hybridized carbons (Fsp3) is 0.667. The topological polar surface area (TPSA) is 78.9 Å². The molecule has 0 spiro atoms. The van der Waals surface area contributed by atoms with Crippen LogP contribution in [0.3, 0.4) is 0 Å². The minimum absolute atomic E-state index is 0.0900. The molecule has 0 radical (unpaired) electrons. The summed E-state index contributed by atoms with van der Waals surface area (Å²) >= 11 is 0. The van der Waals surface area contributed by atoms with Crippen LogP contribution in [0, 0.1) is 0 Å². The minimum atomic E-state index is -0.797. The summed E-state index contributed by atoms with van der Waals surface area (Å²) in [7, 11) is 0. The summed E-state index contributed by atoms with van der Waals surface area (Å²) in [6.07, 6.45) is 96.0. The summed E-state index contributed by atoms with van der Waals surface area (Å²) in [6, 6.07) is 0. The molecule has 0 rings (SSSR count). The predicted octanol–water partition coefficient (Wildman–Crippen LogP) is 23.3. The molecule has 6 heteroatoms. The molecular formula is C75H124O6. The fourth-order valence-corrected chi connectivity index (χ4v) is 9.18. The second kappa shape index (κ2) is 68.1. The molecule has 0 saturated heterocycles. The van der Waals surface area contributed by atoms with E-state index in [4.69, 9.17) is 14.2 Å². The number of esters is 3. The molecule has 0 aliphatic rings. The molecule has 0 bridgehead atoms. The summed E-state index contributed by atoms with van der Waals surface area (Å²) in [5.74, 6) is -0.919. The first-order valence-corrected chi connectivity index (χ1v) is 33.7. The maximum Gasteiger partial charge on any atom is 0.306 e. The molecule has 81 heavy (non-hydrogen) atoms. The van der Waals surface area contributed by atoms with Crippen LogP contribution < -0.4 is 0 Å². The first kappa shape index (κ1) is 76.5. The van der Waals surface area contributed by atoms with Crippen LogP contribution in [0.2, 0.25) is 0 Å². The van der Waals surface area contributed by atoms with E-state index in [0.29, 0.717) is 19.3 Å². The third-order valence-corrected chi connectivity index (χ3v) is 14.2. The average Bonchev–Trinajstić information content (AvgIpc) is 3.46. The van der Waals surface area contributed by atoms with Crippen LogP contribution in [0.25, 0.3) is 0 Å². The van der Waals surface area contributed by atoms with Crippen molar-refractivity contribution in [2.75, 3.05) is 13.2 Å². The van der Waals surface area contributed by atoms with Gasteiger partial charge in [-0.1, -0.05) is 302 Å². The molecule has 0 amide bonds. The Balaban J connectivity index is 4.40. The molecular weight excluding hydrogens is 997 g/mol. The molecule has 0 saturated carbocycles. The van der Waals surface area contributed by atoms with Crippen molar-refractivity contribution in [3.63, 3.8) is 0 Å². The summed E-state index contributed by atoms with van der Waals surface area (Å²) in [6.45, 7) is 6.40. The van der Waals surface area contributed by atoms with Crippen molar-refractivity contribution in [2.45, 2.75) is 309 Å². The lowest BCUT2D eigenvalue weighted by molar-refractivity contribution is -0.167. The van der Waals surface area contributed by atoms with Crippen LogP contribution in [0.1, 0.15) is 303 Å². The number of carbonyl (C=O) groups is 3. The third-order valence-electron chi connectivity index (χ3n) is 14.2. The lowest BCUT2D eigenvalue weighted by atomic mass is 10.0. The zero-order valence-corrected chi connectivity index (χ0v) is 52.8. The van der Waals surface area contributed by atoms with Gasteiger partial charge in [0.25, 0.3) is 0 Å². The molecule has 6 nitrogen and oxygen atoms in total. The van der Waals surface area contributed by atoms with Gasteiger partial charge in [0.05, 0.1) is 0 Å². The largest absolute Gasteiger partial charge is 0.462 e. The van der Waals surface area contributed by atoms with Gasteiger partial charge in [0.15, 0.2) is 6.10 Å². The second-order valence-corrected chi connectivity index (χ2v) is 22.0. The normalized spacial score (nSPS) is 13.0. The molecule has 0 heterocycles. The van der Waals surface area contributed by atoms with Gasteiger partial charge < -0.3 is 14.2 Å². The molecule has 0 aromatic carbocycles. The van der Waals surface area contributed by atoms with Crippen LogP contribution >= 0.6 is 0 Å². The highest BCUT2D eigenvalue weighted by Gasteiger charge is 2.19. The zero-order chi connectivity index (χ0) is 58.5. The lowest BCUT2D eigenvalue weighted by Gasteiger charge is -2.18. The van der Waals surface area contributed by atoms with Crippen LogP contribution in [0.5, 0.6) is 0 Å². The van der Waals surface area contributed by atoms with Crippen LogP contribution in [-0.2, 0) is 28.6 Å². The van der Waals surface area contributed by atoms with Gasteiger partial charge in [0.2, 0.25) is 0 Å². The van der Waals surface area contributed by atoms with Crippen molar-refractivity contribution >= 4 is 17.9 Å². The average molecular weight is 1120 g/mol. The lowest BCUT2D eigenvalue weighted by Crippen LogP contribution is -2.30. The highest BCUT2D eigenvalue weighted by atomic mass is 16.6. The maximum absolute atomic E-state index is 12.9. The maximum atomic E-state index is 12.9.